The fraction of sp³-hybridized carbons (Fsp3) is 0.185. The molecule has 8 nitrogen and oxygen atoms in total. The van der Waals surface area contributed by atoms with Gasteiger partial charge >= 0.3 is 0 Å². The molecule has 0 aromatic heterocycles. The lowest BCUT2D eigenvalue weighted by Gasteiger charge is -2.19. The smallest absolute Gasteiger partial charge is 0.271 e. The van der Waals surface area contributed by atoms with Gasteiger partial charge in [-0.2, -0.15) is 0 Å². The Kier molecular flexibility index (Phi) is 6.94. The summed E-state index contributed by atoms with van der Waals surface area (Å²) < 4.78 is 5.42. The van der Waals surface area contributed by atoms with Gasteiger partial charge in [0, 0.05) is 29.6 Å². The Labute approximate surface area is 223 Å². The molecule has 3 aromatic carbocycles. The predicted molar refractivity (Wildman–Crippen MR) is 148 cm³/mol. The Morgan fingerprint density at radius 3 is 2.51 bits per heavy atom. The minimum atomic E-state index is -0.439. The Hall–Kier alpha value is -3.76. The highest BCUT2D eigenvalue weighted by atomic mass is 32.2. The van der Waals surface area contributed by atoms with Gasteiger partial charge in [-0.25, -0.2) is 4.99 Å². The van der Waals surface area contributed by atoms with Crippen molar-refractivity contribution in [2.75, 3.05) is 18.6 Å². The third-order valence-electron chi connectivity index (χ3n) is 6.09. The number of aryl methyl sites for hydroxylation is 1. The second-order valence-electron chi connectivity index (χ2n) is 8.42. The number of nitro benzene ring substituents is 1. The van der Waals surface area contributed by atoms with E-state index < -0.39 is 4.92 Å². The van der Waals surface area contributed by atoms with Crippen LogP contribution in [0.5, 0.6) is 5.75 Å². The van der Waals surface area contributed by atoms with Gasteiger partial charge in [0.15, 0.2) is 5.17 Å². The molecule has 37 heavy (non-hydrogen) atoms. The second-order valence-corrected chi connectivity index (χ2v) is 10.4. The Balaban J connectivity index is 1.60. The van der Waals surface area contributed by atoms with Crippen molar-refractivity contribution in [3.8, 4) is 5.75 Å². The number of anilines is 1. The van der Waals surface area contributed by atoms with E-state index in [1.165, 1.54) is 23.9 Å². The van der Waals surface area contributed by atoms with E-state index in [1.54, 1.807) is 29.8 Å². The number of hydrogen-bond donors (Lipinski definition) is 0. The third-order valence-corrected chi connectivity index (χ3v) is 8.46. The first-order valence-corrected chi connectivity index (χ1v) is 13.3. The lowest BCUT2D eigenvalue weighted by atomic mass is 10.2. The Bertz CT molecular complexity index is 1460. The second kappa shape index (κ2) is 10.3. The van der Waals surface area contributed by atoms with E-state index >= 15 is 0 Å². The molecule has 1 saturated heterocycles. The van der Waals surface area contributed by atoms with Crippen LogP contribution >= 0.6 is 23.5 Å². The monoisotopic (exact) mass is 532 g/mol. The van der Waals surface area contributed by atoms with Crippen LogP contribution in [0.1, 0.15) is 18.1 Å². The number of hydrogen-bond acceptors (Lipinski definition) is 8. The number of amidine groups is 1. The van der Waals surface area contributed by atoms with Crippen LogP contribution in [0.3, 0.4) is 0 Å². The molecule has 0 unspecified atom stereocenters. The maximum atomic E-state index is 13.9. The highest BCUT2D eigenvalue weighted by Gasteiger charge is 2.40. The average Bonchev–Trinajstić information content (AvgIpc) is 3.42. The Morgan fingerprint density at radius 2 is 1.81 bits per heavy atom. The van der Waals surface area contributed by atoms with Crippen LogP contribution in [0.2, 0.25) is 0 Å². The topological polar surface area (TPSA) is 88.3 Å². The third kappa shape index (κ3) is 4.82. The number of aliphatic imine (C=N–C) groups is 1. The average molecular weight is 533 g/mol. The molecule has 10 heteroatoms. The summed E-state index contributed by atoms with van der Waals surface area (Å²) in [5.74, 6) is 0.611. The molecular weight excluding hydrogens is 508 g/mol. The van der Waals surface area contributed by atoms with Gasteiger partial charge in [-0.15, -0.1) is 0 Å². The molecule has 2 aliphatic heterocycles. The number of rotatable bonds is 6. The number of nitrogens with zero attached hydrogens (tertiary/aromatic N) is 4. The van der Waals surface area contributed by atoms with E-state index in [-0.39, 0.29) is 11.6 Å². The van der Waals surface area contributed by atoms with Crippen LogP contribution in [0.4, 0.5) is 17.1 Å². The van der Waals surface area contributed by atoms with Crippen molar-refractivity contribution in [1.82, 2.24) is 4.90 Å². The summed E-state index contributed by atoms with van der Waals surface area (Å²) >= 11 is 2.86. The fourth-order valence-electron chi connectivity index (χ4n) is 4.13. The van der Waals surface area contributed by atoms with Gasteiger partial charge in [0.05, 0.1) is 30.0 Å². The number of amides is 1. The van der Waals surface area contributed by atoms with E-state index in [0.29, 0.717) is 28.8 Å². The minimum Gasteiger partial charge on any atom is -0.497 e. The number of methoxy groups -OCH3 is 1. The highest BCUT2D eigenvalue weighted by molar-refractivity contribution is 8.19. The van der Waals surface area contributed by atoms with Crippen LogP contribution in [0.15, 0.2) is 86.6 Å². The summed E-state index contributed by atoms with van der Waals surface area (Å²) in [6, 6.07) is 20.2. The summed E-state index contributed by atoms with van der Waals surface area (Å²) in [4.78, 5) is 35.0. The number of nitro groups is 1. The van der Waals surface area contributed by atoms with Gasteiger partial charge in [0.1, 0.15) is 15.7 Å². The first-order valence-electron chi connectivity index (χ1n) is 11.6. The number of ether oxygens (including phenoxy) is 1. The van der Waals surface area contributed by atoms with Crippen molar-refractivity contribution in [3.05, 3.63) is 97.9 Å². The quantitative estimate of drug-likeness (QED) is 0.204. The van der Waals surface area contributed by atoms with Gasteiger partial charge in [-0.3, -0.25) is 19.8 Å². The minimum absolute atomic E-state index is 0.0413. The molecule has 0 atom stereocenters. The van der Waals surface area contributed by atoms with Gasteiger partial charge in [-0.05, 0) is 48.9 Å². The van der Waals surface area contributed by atoms with Gasteiger partial charge in [-0.1, -0.05) is 48.2 Å². The molecule has 188 valence electrons. The molecule has 1 amide bonds. The number of benzene rings is 3. The van der Waals surface area contributed by atoms with Crippen molar-refractivity contribution < 1.29 is 14.5 Å². The number of fused-ring (bicyclic) bond motifs is 1. The molecule has 0 aliphatic carbocycles. The lowest BCUT2D eigenvalue weighted by molar-refractivity contribution is -0.384. The van der Waals surface area contributed by atoms with Crippen LogP contribution in [0.25, 0.3) is 0 Å². The fourth-order valence-corrected chi connectivity index (χ4v) is 6.50. The molecule has 0 saturated carbocycles. The van der Waals surface area contributed by atoms with Crippen molar-refractivity contribution in [1.29, 1.82) is 0 Å². The number of carbonyl (C=O) groups is 1. The van der Waals surface area contributed by atoms with E-state index in [1.807, 2.05) is 62.4 Å². The molecule has 2 heterocycles. The molecule has 0 bridgehead atoms. The number of non-ortho nitro benzene ring substituents is 1. The highest BCUT2D eigenvalue weighted by Crippen LogP contribution is 2.51. The van der Waals surface area contributed by atoms with E-state index in [2.05, 4.69) is 4.90 Å². The van der Waals surface area contributed by atoms with Crippen LogP contribution in [0, 0.1) is 17.0 Å². The Morgan fingerprint density at radius 1 is 1.03 bits per heavy atom. The van der Waals surface area contributed by atoms with Crippen LogP contribution in [-0.2, 0) is 11.3 Å². The summed E-state index contributed by atoms with van der Waals surface area (Å²) in [7, 11) is 1.63. The maximum absolute atomic E-state index is 13.9. The predicted octanol–water partition coefficient (Wildman–Crippen LogP) is 6.48. The molecule has 5 rings (SSSR count). The van der Waals surface area contributed by atoms with Crippen molar-refractivity contribution >= 4 is 51.7 Å². The van der Waals surface area contributed by atoms with Crippen molar-refractivity contribution in [2.24, 2.45) is 4.99 Å². The van der Waals surface area contributed by atoms with Crippen molar-refractivity contribution in [2.45, 2.75) is 25.3 Å². The van der Waals surface area contributed by atoms with E-state index in [4.69, 9.17) is 9.73 Å². The van der Waals surface area contributed by atoms with Gasteiger partial charge in [0.2, 0.25) is 0 Å². The zero-order valence-corrected chi connectivity index (χ0v) is 22.1. The zero-order valence-electron chi connectivity index (χ0n) is 20.5. The first kappa shape index (κ1) is 24.9. The summed E-state index contributed by atoms with van der Waals surface area (Å²) in [5.41, 5.74) is 3.17. The molecular formula is C27H24N4O4S2. The van der Waals surface area contributed by atoms with Crippen molar-refractivity contribution in [3.63, 3.8) is 0 Å². The summed E-state index contributed by atoms with van der Waals surface area (Å²) in [5, 5.41) is 12.7. The van der Waals surface area contributed by atoms with E-state index in [0.717, 1.165) is 32.5 Å². The maximum Gasteiger partial charge on any atom is 0.271 e. The van der Waals surface area contributed by atoms with Crippen LogP contribution in [-0.4, -0.2) is 34.6 Å². The lowest BCUT2D eigenvalue weighted by Crippen LogP contribution is -2.29. The first-order chi connectivity index (χ1) is 17.9. The number of thioether (sulfide) groups is 2. The van der Waals surface area contributed by atoms with Gasteiger partial charge in [0.25, 0.3) is 11.6 Å². The normalized spacial score (nSPS) is 18.0. The number of carbonyl (C=O) groups excluding carboxylic acids is 1. The molecule has 3 aromatic rings. The standard InChI is InChI=1S/C27H24N4O4S2/c1-4-29-22-15-20(35-3)12-13-23(22)36-26(29)24-25(32)30(16-18-8-6-5-7-9-18)27(37-24)28-21-14-19(31(33)34)11-10-17(21)2/h5-15H,4,16H2,1-3H3. The molecule has 1 fully saturated rings. The summed E-state index contributed by atoms with van der Waals surface area (Å²) in [6.45, 7) is 4.91. The summed E-state index contributed by atoms with van der Waals surface area (Å²) in [6.07, 6.45) is 0. The molecule has 0 radical (unpaired) electrons. The van der Waals surface area contributed by atoms with Gasteiger partial charge < -0.3 is 9.64 Å². The molecule has 0 N–H and O–H groups in total. The van der Waals surface area contributed by atoms with Crippen LogP contribution < -0.4 is 9.64 Å². The largest absolute Gasteiger partial charge is 0.497 e. The SMILES string of the molecule is CCN1C(=C2SC(=Nc3cc([N+](=O)[O-])ccc3C)N(Cc3ccccc3)C2=O)Sc2ccc(OC)cc21. The van der Waals surface area contributed by atoms with E-state index in [9.17, 15) is 14.9 Å². The molecule has 2 aliphatic rings. The zero-order chi connectivity index (χ0) is 26.1. The molecule has 0 spiro atoms.